The number of hydrogen-bond acceptors (Lipinski definition) is 6. The quantitative estimate of drug-likeness (QED) is 0.166. The Hall–Kier alpha value is -8.95. The lowest BCUT2D eigenvalue weighted by Crippen LogP contribution is -2.22. The first-order valence-electron chi connectivity index (χ1n) is 21.2. The fraction of sp³-hybridized carbons (Fsp3) is 0.0179. The Morgan fingerprint density at radius 3 is 1.25 bits per heavy atom. The number of carbonyl (C=O) groups is 3. The molecule has 4 aromatic carbocycles. The zero-order chi connectivity index (χ0) is 43.8. The summed E-state index contributed by atoms with van der Waals surface area (Å²) in [5.41, 5.74) is 14.6. The predicted octanol–water partition coefficient (Wildman–Crippen LogP) is 12.1. The molecule has 9 nitrogen and oxygen atoms in total. The van der Waals surface area contributed by atoms with Crippen LogP contribution in [0.2, 0.25) is 0 Å². The van der Waals surface area contributed by atoms with Gasteiger partial charge >= 0.3 is 5.97 Å². The van der Waals surface area contributed by atoms with Crippen LogP contribution < -0.4 is 0 Å². The Balaban J connectivity index is 1.21. The molecule has 3 aliphatic rings. The van der Waals surface area contributed by atoms with Gasteiger partial charge in [0.25, 0.3) is 0 Å². The van der Waals surface area contributed by atoms with Crippen molar-refractivity contribution in [2.75, 3.05) is 7.11 Å². The van der Waals surface area contributed by atoms with E-state index in [0.717, 1.165) is 78.1 Å². The van der Waals surface area contributed by atoms with Gasteiger partial charge in [0.05, 0.1) is 46.5 Å². The Morgan fingerprint density at radius 1 is 0.446 bits per heavy atom. The molecule has 5 aromatic heterocycles. The second-order valence-corrected chi connectivity index (χ2v) is 16.1. The van der Waals surface area contributed by atoms with Crippen LogP contribution >= 0.6 is 0 Å². The Bertz CT molecular complexity index is 3710. The minimum absolute atomic E-state index is 0.0176. The predicted molar refractivity (Wildman–Crippen MR) is 256 cm³/mol. The number of H-pyrrole nitrogens is 2. The van der Waals surface area contributed by atoms with Crippen LogP contribution in [0.25, 0.3) is 96.4 Å². The molecule has 0 saturated heterocycles. The Kier molecular flexibility index (Phi) is 8.63. The van der Waals surface area contributed by atoms with E-state index in [1.165, 1.54) is 7.11 Å². The molecule has 7 heterocycles. The zero-order valence-electron chi connectivity index (χ0n) is 34.8. The smallest absolute Gasteiger partial charge is 0.355 e. The van der Waals surface area contributed by atoms with Gasteiger partial charge in [0.15, 0.2) is 11.6 Å². The minimum Gasteiger partial charge on any atom is -0.464 e. The van der Waals surface area contributed by atoms with Crippen molar-refractivity contribution in [3.05, 3.63) is 209 Å². The lowest BCUT2D eigenvalue weighted by Gasteiger charge is -2.14. The van der Waals surface area contributed by atoms with Gasteiger partial charge in [-0.2, -0.15) is 0 Å². The fourth-order valence-electron chi connectivity index (χ4n) is 9.54. The highest BCUT2D eigenvalue weighted by molar-refractivity contribution is 6.33. The van der Waals surface area contributed by atoms with Crippen LogP contribution in [0.1, 0.15) is 65.1 Å². The standard InChI is InChI=1S/C56H35N5O4/c1-65-56(64)53-52-51(54(62)36-19-11-12-20-37(36)55(52)63)46-30-21-35(31-61(46)53)50-44-28-26-42(59-44)48(33-15-7-3-8-16-33)40-24-22-38(57-40)47(32-13-5-2-6-14-32)39-23-25-41(58-39)49(34-17-9-4-10-18-34)43-27-29-45(50)60-43/h2-31,57,60H,1H3. The Labute approximate surface area is 371 Å². The van der Waals surface area contributed by atoms with E-state index in [-0.39, 0.29) is 28.2 Å². The number of pyridine rings is 1. The van der Waals surface area contributed by atoms with Gasteiger partial charge in [-0.25, -0.2) is 14.8 Å². The van der Waals surface area contributed by atoms with E-state index in [1.807, 2.05) is 78.9 Å². The molecule has 308 valence electrons. The third-order valence-corrected chi connectivity index (χ3v) is 12.4. The van der Waals surface area contributed by atoms with Gasteiger partial charge in [-0.3, -0.25) is 9.59 Å². The van der Waals surface area contributed by atoms with Crippen molar-refractivity contribution >= 4 is 69.4 Å². The molecule has 9 aromatic rings. The SMILES string of the molecule is COC(=O)c1c2c(c3ccc(-c4c5nc(c(-c6ccccc6)c6ccc([nH]6)c(-c6ccccc6)c6nc(c(-c7ccccc7)c7ccc4[nH]7)C=C6)C=C5)cn13)C(=O)c1ccccc1C2=O. The molecule has 0 unspecified atom stereocenters. The van der Waals surface area contributed by atoms with E-state index in [1.54, 1.807) is 40.9 Å². The molecule has 1 aliphatic carbocycles. The summed E-state index contributed by atoms with van der Waals surface area (Å²) in [6.45, 7) is 0. The molecule has 0 radical (unpaired) electrons. The number of hydrogen-bond donors (Lipinski definition) is 2. The van der Waals surface area contributed by atoms with Crippen molar-refractivity contribution < 1.29 is 19.1 Å². The molecule has 9 heteroatoms. The summed E-state index contributed by atoms with van der Waals surface area (Å²) in [4.78, 5) is 60.5. The van der Waals surface area contributed by atoms with Gasteiger partial charge in [-0.05, 0) is 71.3 Å². The summed E-state index contributed by atoms with van der Waals surface area (Å²) < 4.78 is 6.92. The number of methoxy groups -OCH3 is 1. The second-order valence-electron chi connectivity index (χ2n) is 16.1. The molecule has 0 fully saturated rings. The van der Waals surface area contributed by atoms with E-state index in [2.05, 4.69) is 76.7 Å². The number of nitrogens with one attached hydrogen (secondary N) is 2. The number of benzene rings is 4. The van der Waals surface area contributed by atoms with E-state index in [4.69, 9.17) is 14.7 Å². The highest BCUT2D eigenvalue weighted by Crippen LogP contribution is 2.40. The van der Waals surface area contributed by atoms with E-state index < -0.39 is 11.8 Å². The molecular formula is C56H35N5O4. The summed E-state index contributed by atoms with van der Waals surface area (Å²) in [7, 11) is 1.27. The van der Waals surface area contributed by atoms with Gasteiger partial charge in [0.1, 0.15) is 5.69 Å². The van der Waals surface area contributed by atoms with Gasteiger partial charge in [-0.15, -0.1) is 0 Å². The van der Waals surface area contributed by atoms with Crippen molar-refractivity contribution in [1.82, 2.24) is 24.3 Å². The summed E-state index contributed by atoms with van der Waals surface area (Å²) in [5.74, 6) is -1.48. The van der Waals surface area contributed by atoms with E-state index >= 15 is 0 Å². The first-order chi connectivity index (χ1) is 31.9. The number of nitrogens with zero attached hydrogens (tertiary/aromatic N) is 3. The molecule has 65 heavy (non-hydrogen) atoms. The molecule has 2 aliphatic heterocycles. The van der Waals surface area contributed by atoms with Crippen molar-refractivity contribution in [3.63, 3.8) is 0 Å². The third kappa shape index (κ3) is 5.97. The molecule has 0 spiro atoms. The topological polar surface area (TPSA) is 122 Å². The van der Waals surface area contributed by atoms with Crippen LogP contribution in [-0.2, 0) is 4.74 Å². The number of ether oxygens (including phenoxy) is 1. The van der Waals surface area contributed by atoms with Crippen molar-refractivity contribution in [2.45, 2.75) is 0 Å². The highest BCUT2D eigenvalue weighted by atomic mass is 16.5. The average Bonchev–Trinajstić information content (AvgIpc) is 4.22. The van der Waals surface area contributed by atoms with Crippen LogP contribution in [0.4, 0.5) is 0 Å². The molecule has 0 amide bonds. The molecule has 8 bridgehead atoms. The second kappa shape index (κ2) is 14.9. The van der Waals surface area contributed by atoms with Crippen LogP contribution in [0.15, 0.2) is 158 Å². The van der Waals surface area contributed by atoms with Gasteiger partial charge in [-0.1, -0.05) is 121 Å². The number of aromatic nitrogens is 5. The largest absolute Gasteiger partial charge is 0.464 e. The first kappa shape index (κ1) is 37.8. The van der Waals surface area contributed by atoms with Crippen LogP contribution in [0.3, 0.4) is 0 Å². The van der Waals surface area contributed by atoms with Crippen molar-refractivity contribution in [1.29, 1.82) is 0 Å². The normalized spacial score (nSPS) is 12.7. The summed E-state index contributed by atoms with van der Waals surface area (Å²) in [6.07, 6.45) is 9.96. The molecule has 12 rings (SSSR count). The molecule has 0 saturated carbocycles. The first-order valence-corrected chi connectivity index (χ1v) is 21.2. The number of carbonyl (C=O) groups excluding carboxylic acids is 3. The third-order valence-electron chi connectivity index (χ3n) is 12.4. The van der Waals surface area contributed by atoms with Crippen molar-refractivity contribution in [2.24, 2.45) is 0 Å². The van der Waals surface area contributed by atoms with Gasteiger partial charge in [0, 0.05) is 67.2 Å². The van der Waals surface area contributed by atoms with Gasteiger partial charge in [0.2, 0.25) is 0 Å². The molecule has 2 N–H and O–H groups in total. The highest BCUT2D eigenvalue weighted by Gasteiger charge is 2.38. The maximum absolute atomic E-state index is 14.2. The maximum atomic E-state index is 14.2. The summed E-state index contributed by atoms with van der Waals surface area (Å²) in [5, 5.41) is 0. The average molecular weight is 842 g/mol. The monoisotopic (exact) mass is 841 g/mol. The van der Waals surface area contributed by atoms with Crippen molar-refractivity contribution in [3.8, 4) is 44.5 Å². The summed E-state index contributed by atoms with van der Waals surface area (Å²) in [6, 6.07) is 49.4. The summed E-state index contributed by atoms with van der Waals surface area (Å²) >= 11 is 0. The Morgan fingerprint density at radius 2 is 0.831 bits per heavy atom. The minimum atomic E-state index is -0.735. The number of rotatable bonds is 5. The number of fused-ring (bicyclic) bond motifs is 12. The number of ketones is 2. The lowest BCUT2D eigenvalue weighted by atomic mass is 9.84. The number of esters is 1. The van der Waals surface area contributed by atoms with Crippen LogP contribution in [0, 0.1) is 0 Å². The molecule has 0 atom stereocenters. The van der Waals surface area contributed by atoms with Crippen LogP contribution in [0.5, 0.6) is 0 Å². The maximum Gasteiger partial charge on any atom is 0.355 e. The fourth-order valence-corrected chi connectivity index (χ4v) is 9.54. The zero-order valence-corrected chi connectivity index (χ0v) is 34.8. The lowest BCUT2D eigenvalue weighted by molar-refractivity contribution is 0.0589. The van der Waals surface area contributed by atoms with E-state index in [9.17, 15) is 14.4 Å². The van der Waals surface area contributed by atoms with Crippen LogP contribution in [-0.4, -0.2) is 49.0 Å². The van der Waals surface area contributed by atoms with Gasteiger partial charge < -0.3 is 19.1 Å². The van der Waals surface area contributed by atoms with E-state index in [0.29, 0.717) is 22.3 Å². The number of aromatic amines is 2. The molecular weight excluding hydrogens is 807 g/mol.